The van der Waals surface area contributed by atoms with Gasteiger partial charge in [0, 0.05) is 6.54 Å². The summed E-state index contributed by atoms with van der Waals surface area (Å²) in [5.74, 6) is 1.89. The number of aliphatic imine (C=N–C) groups is 1. The number of hydrogen-bond donors (Lipinski definition) is 1. The second-order valence-electron chi connectivity index (χ2n) is 5.55. The Hall–Kier alpha value is -1.51. The average Bonchev–Trinajstić information content (AvgIpc) is 2.81. The molecule has 0 aliphatic carbocycles. The van der Waals surface area contributed by atoms with Crippen molar-refractivity contribution in [2.75, 3.05) is 19.7 Å². The van der Waals surface area contributed by atoms with Crippen LogP contribution in [0.5, 0.6) is 5.75 Å². The Labute approximate surface area is 109 Å². The average molecular weight is 246 g/mol. The van der Waals surface area contributed by atoms with Gasteiger partial charge in [-0.3, -0.25) is 4.99 Å². The van der Waals surface area contributed by atoms with Crippen LogP contribution in [0.15, 0.2) is 23.2 Å². The van der Waals surface area contributed by atoms with Crippen LogP contribution < -0.4 is 10.1 Å². The molecule has 3 nitrogen and oxygen atoms in total. The summed E-state index contributed by atoms with van der Waals surface area (Å²) in [4.78, 5) is 4.47. The molecule has 98 valence electrons. The molecule has 1 aromatic carbocycles. The van der Waals surface area contributed by atoms with Crippen LogP contribution in [-0.4, -0.2) is 25.5 Å². The zero-order valence-electron chi connectivity index (χ0n) is 11.7. The maximum Gasteiger partial charge on any atom is 0.132 e. The minimum atomic E-state index is 0.134. The van der Waals surface area contributed by atoms with Gasteiger partial charge >= 0.3 is 0 Å². The predicted octanol–water partition coefficient (Wildman–Crippen LogP) is 2.73. The van der Waals surface area contributed by atoms with Crippen LogP contribution in [-0.2, 0) is 5.41 Å². The van der Waals surface area contributed by atoms with E-state index in [1.54, 1.807) is 0 Å². The Kier molecular flexibility index (Phi) is 3.60. The first-order chi connectivity index (χ1) is 8.52. The highest BCUT2D eigenvalue weighted by Gasteiger charge is 2.19. The quantitative estimate of drug-likeness (QED) is 0.889. The van der Waals surface area contributed by atoms with Gasteiger partial charge in [0.2, 0.25) is 0 Å². The van der Waals surface area contributed by atoms with Gasteiger partial charge in [0.05, 0.1) is 18.7 Å². The lowest BCUT2D eigenvalue weighted by molar-refractivity contribution is 0.338. The van der Waals surface area contributed by atoms with Crippen LogP contribution in [0.25, 0.3) is 0 Å². The summed E-state index contributed by atoms with van der Waals surface area (Å²) < 4.78 is 5.76. The maximum atomic E-state index is 5.76. The Morgan fingerprint density at radius 2 is 2.11 bits per heavy atom. The summed E-state index contributed by atoms with van der Waals surface area (Å²) in [7, 11) is 0. The Bertz CT molecular complexity index is 458. The summed E-state index contributed by atoms with van der Waals surface area (Å²) in [6.45, 7) is 11.1. The first-order valence-electron chi connectivity index (χ1n) is 6.58. The van der Waals surface area contributed by atoms with Crippen molar-refractivity contribution < 1.29 is 4.74 Å². The summed E-state index contributed by atoms with van der Waals surface area (Å²) in [6, 6.07) is 6.42. The molecular weight excluding hydrogens is 224 g/mol. The van der Waals surface area contributed by atoms with Crippen LogP contribution >= 0.6 is 0 Å². The fourth-order valence-corrected chi connectivity index (χ4v) is 2.04. The lowest BCUT2D eigenvalue weighted by Gasteiger charge is -2.21. The van der Waals surface area contributed by atoms with E-state index in [4.69, 9.17) is 4.74 Å². The summed E-state index contributed by atoms with van der Waals surface area (Å²) in [5, 5.41) is 3.30. The highest BCUT2D eigenvalue weighted by atomic mass is 16.5. The molecule has 0 saturated carbocycles. The normalized spacial score (nSPS) is 15.2. The molecule has 1 aromatic rings. The molecule has 3 heteroatoms. The number of ether oxygens (including phenoxy) is 1. The summed E-state index contributed by atoms with van der Waals surface area (Å²) in [5.41, 5.74) is 2.49. The Balaban J connectivity index is 2.41. The van der Waals surface area contributed by atoms with Crippen molar-refractivity contribution in [3.05, 3.63) is 29.3 Å². The van der Waals surface area contributed by atoms with Crippen molar-refractivity contribution in [1.82, 2.24) is 5.32 Å². The van der Waals surface area contributed by atoms with Crippen molar-refractivity contribution in [2.45, 2.75) is 33.1 Å². The summed E-state index contributed by atoms with van der Waals surface area (Å²) in [6.07, 6.45) is 0. The zero-order chi connectivity index (χ0) is 13.2. The number of amidine groups is 1. The maximum absolute atomic E-state index is 5.76. The number of benzene rings is 1. The lowest BCUT2D eigenvalue weighted by Crippen LogP contribution is -2.21. The molecule has 2 rings (SSSR count). The fraction of sp³-hybridized carbons (Fsp3) is 0.533. The zero-order valence-corrected chi connectivity index (χ0v) is 11.7. The molecule has 0 radical (unpaired) electrons. The minimum Gasteiger partial charge on any atom is -0.493 e. The van der Waals surface area contributed by atoms with Gasteiger partial charge in [-0.1, -0.05) is 26.8 Å². The van der Waals surface area contributed by atoms with Crippen LogP contribution in [0, 0.1) is 0 Å². The van der Waals surface area contributed by atoms with Gasteiger partial charge in [-0.2, -0.15) is 0 Å². The molecule has 0 spiro atoms. The van der Waals surface area contributed by atoms with Crippen LogP contribution in [0.3, 0.4) is 0 Å². The second kappa shape index (κ2) is 5.01. The first kappa shape index (κ1) is 12.9. The molecule has 0 saturated heterocycles. The van der Waals surface area contributed by atoms with Crippen molar-refractivity contribution in [3.8, 4) is 5.75 Å². The van der Waals surface area contributed by atoms with Crippen LogP contribution in [0.2, 0.25) is 0 Å². The van der Waals surface area contributed by atoms with Gasteiger partial charge in [-0.05, 0) is 30.0 Å². The molecule has 0 fully saturated rings. The molecule has 1 aliphatic rings. The Morgan fingerprint density at radius 3 is 2.67 bits per heavy atom. The van der Waals surface area contributed by atoms with Gasteiger partial charge in [-0.15, -0.1) is 0 Å². The number of rotatable bonds is 3. The standard InChI is InChI=1S/C15H22N2O/c1-5-18-13-10-11(15(2,3)4)6-7-12(13)14-16-8-9-17-14/h6-7,10H,5,8-9H2,1-4H3,(H,16,17). The van der Waals surface area contributed by atoms with Crippen molar-refractivity contribution in [1.29, 1.82) is 0 Å². The molecule has 0 unspecified atom stereocenters. The number of nitrogens with one attached hydrogen (secondary N) is 1. The molecule has 1 heterocycles. The highest BCUT2D eigenvalue weighted by Crippen LogP contribution is 2.29. The van der Waals surface area contributed by atoms with E-state index in [0.717, 1.165) is 30.2 Å². The molecule has 1 aliphatic heterocycles. The van der Waals surface area contributed by atoms with E-state index < -0.39 is 0 Å². The van der Waals surface area contributed by atoms with Gasteiger partial charge in [-0.25, -0.2) is 0 Å². The van der Waals surface area contributed by atoms with Gasteiger partial charge in [0.25, 0.3) is 0 Å². The molecule has 0 bridgehead atoms. The Morgan fingerprint density at radius 1 is 1.33 bits per heavy atom. The summed E-state index contributed by atoms with van der Waals surface area (Å²) >= 11 is 0. The second-order valence-corrected chi connectivity index (χ2v) is 5.55. The smallest absolute Gasteiger partial charge is 0.132 e. The van der Waals surface area contributed by atoms with E-state index >= 15 is 0 Å². The third kappa shape index (κ3) is 2.66. The van der Waals surface area contributed by atoms with Crippen molar-refractivity contribution in [2.24, 2.45) is 4.99 Å². The largest absolute Gasteiger partial charge is 0.493 e. The lowest BCUT2D eigenvalue weighted by atomic mass is 9.86. The van der Waals surface area contributed by atoms with E-state index in [1.165, 1.54) is 5.56 Å². The number of hydrogen-bond acceptors (Lipinski definition) is 3. The van der Waals surface area contributed by atoms with E-state index in [9.17, 15) is 0 Å². The predicted molar refractivity (Wildman–Crippen MR) is 75.7 cm³/mol. The van der Waals surface area contributed by atoms with Crippen molar-refractivity contribution >= 4 is 5.84 Å². The van der Waals surface area contributed by atoms with Crippen LogP contribution in [0.1, 0.15) is 38.8 Å². The van der Waals surface area contributed by atoms with Gasteiger partial charge < -0.3 is 10.1 Å². The molecule has 0 amide bonds. The van der Waals surface area contributed by atoms with Crippen LogP contribution in [0.4, 0.5) is 0 Å². The third-order valence-corrected chi connectivity index (χ3v) is 3.08. The molecular formula is C15H22N2O. The van der Waals surface area contributed by atoms with E-state index in [0.29, 0.717) is 6.61 Å². The SMILES string of the molecule is CCOc1cc(C(C)(C)C)ccc1C1=NCCN1. The van der Waals surface area contributed by atoms with E-state index in [1.807, 2.05) is 6.92 Å². The highest BCUT2D eigenvalue weighted by molar-refractivity contribution is 6.02. The third-order valence-electron chi connectivity index (χ3n) is 3.08. The topological polar surface area (TPSA) is 33.6 Å². The minimum absolute atomic E-state index is 0.134. The van der Waals surface area contributed by atoms with Gasteiger partial charge in [0.1, 0.15) is 11.6 Å². The molecule has 0 aromatic heterocycles. The van der Waals surface area contributed by atoms with E-state index in [2.05, 4.69) is 49.3 Å². The van der Waals surface area contributed by atoms with E-state index in [-0.39, 0.29) is 5.41 Å². The fourth-order valence-electron chi connectivity index (χ4n) is 2.04. The monoisotopic (exact) mass is 246 g/mol. The number of nitrogens with zero attached hydrogens (tertiary/aromatic N) is 1. The molecule has 1 N–H and O–H groups in total. The first-order valence-corrected chi connectivity index (χ1v) is 6.58. The van der Waals surface area contributed by atoms with Crippen molar-refractivity contribution in [3.63, 3.8) is 0 Å². The van der Waals surface area contributed by atoms with Gasteiger partial charge in [0.15, 0.2) is 0 Å². The molecule has 0 atom stereocenters. The molecule has 18 heavy (non-hydrogen) atoms.